The van der Waals surface area contributed by atoms with Crippen molar-refractivity contribution < 1.29 is 4.79 Å². The normalized spacial score (nSPS) is 11.0. The number of carbonyl (C=O) groups is 1. The van der Waals surface area contributed by atoms with Crippen LogP contribution in [0.2, 0.25) is 0 Å². The molecule has 0 aliphatic rings. The zero-order valence-electron chi connectivity index (χ0n) is 12.6. The molecule has 118 valence electrons. The molecule has 2 aromatic heterocycles. The molecule has 1 N–H and O–H groups in total. The molecule has 6 heteroatoms. The van der Waals surface area contributed by atoms with Crippen LogP contribution in [0.15, 0.2) is 65.6 Å². The minimum Gasteiger partial charge on any atom is -0.323 e. The van der Waals surface area contributed by atoms with Crippen molar-refractivity contribution in [1.82, 2.24) is 9.55 Å². The predicted molar refractivity (Wildman–Crippen MR) is 96.5 cm³/mol. The van der Waals surface area contributed by atoms with Crippen LogP contribution in [0.3, 0.4) is 0 Å². The van der Waals surface area contributed by atoms with Crippen molar-refractivity contribution in [3.63, 3.8) is 0 Å². The van der Waals surface area contributed by atoms with Crippen LogP contribution in [0.4, 0.5) is 5.69 Å². The van der Waals surface area contributed by atoms with Gasteiger partial charge in [-0.05, 0) is 24.3 Å². The molecule has 4 rings (SSSR count). The fourth-order valence-corrected chi connectivity index (χ4v) is 3.59. The van der Waals surface area contributed by atoms with Crippen molar-refractivity contribution in [1.29, 1.82) is 0 Å². The maximum Gasteiger partial charge on any atom is 0.308 e. The molecule has 0 spiro atoms. The van der Waals surface area contributed by atoms with E-state index in [1.165, 1.54) is 4.57 Å². The van der Waals surface area contributed by atoms with Crippen LogP contribution in [0.5, 0.6) is 0 Å². The molecule has 2 heterocycles. The number of benzene rings is 2. The molecule has 2 aromatic carbocycles. The van der Waals surface area contributed by atoms with Crippen LogP contribution >= 0.6 is 11.3 Å². The van der Waals surface area contributed by atoms with E-state index in [1.807, 2.05) is 54.6 Å². The number of thiazole rings is 1. The molecule has 4 aromatic rings. The maximum atomic E-state index is 12.4. The Bertz CT molecular complexity index is 1110. The van der Waals surface area contributed by atoms with Gasteiger partial charge < -0.3 is 5.32 Å². The van der Waals surface area contributed by atoms with E-state index in [4.69, 9.17) is 0 Å². The van der Waals surface area contributed by atoms with E-state index in [2.05, 4.69) is 10.3 Å². The second kappa shape index (κ2) is 5.90. The monoisotopic (exact) mass is 335 g/mol. The van der Waals surface area contributed by atoms with Crippen LogP contribution in [-0.2, 0) is 11.3 Å². The Balaban J connectivity index is 1.65. The molecule has 0 radical (unpaired) electrons. The van der Waals surface area contributed by atoms with Gasteiger partial charge in [-0.3, -0.25) is 19.1 Å². The molecule has 0 aliphatic carbocycles. The molecule has 0 unspecified atom stereocenters. The fraction of sp³-hybridized carbons (Fsp3) is 0.0556. The van der Waals surface area contributed by atoms with Crippen molar-refractivity contribution in [3.8, 4) is 0 Å². The minimum absolute atomic E-state index is 0.0218. The summed E-state index contributed by atoms with van der Waals surface area (Å²) < 4.78 is 2.37. The van der Waals surface area contributed by atoms with Crippen LogP contribution < -0.4 is 10.2 Å². The van der Waals surface area contributed by atoms with Gasteiger partial charge in [0.15, 0.2) is 0 Å². The summed E-state index contributed by atoms with van der Waals surface area (Å²) in [6, 6.07) is 16.9. The number of fused-ring (bicyclic) bond motifs is 2. The summed E-state index contributed by atoms with van der Waals surface area (Å²) in [4.78, 5) is 28.7. The molecule has 24 heavy (non-hydrogen) atoms. The molecular formula is C18H13N3O2S. The number of hydrogen-bond donors (Lipinski definition) is 1. The Labute approximate surface area is 141 Å². The highest BCUT2D eigenvalue weighted by atomic mass is 32.1. The average molecular weight is 335 g/mol. The zero-order chi connectivity index (χ0) is 16.5. The first kappa shape index (κ1) is 14.6. The molecular weight excluding hydrogens is 322 g/mol. The standard InChI is InChI=1S/C18H13N3O2S/c22-16(11-21-14-8-1-2-9-15(14)24-18(21)23)20-13-7-3-5-12-6-4-10-19-17(12)13/h1-10H,11H2,(H,20,22). The lowest BCUT2D eigenvalue weighted by Crippen LogP contribution is -2.24. The lowest BCUT2D eigenvalue weighted by atomic mass is 10.2. The van der Waals surface area contributed by atoms with Crippen LogP contribution in [0.1, 0.15) is 0 Å². The summed E-state index contributed by atoms with van der Waals surface area (Å²) >= 11 is 1.14. The molecule has 5 nitrogen and oxygen atoms in total. The quantitative estimate of drug-likeness (QED) is 0.625. The topological polar surface area (TPSA) is 64.0 Å². The predicted octanol–water partition coefficient (Wildman–Crippen LogP) is 3.25. The summed E-state index contributed by atoms with van der Waals surface area (Å²) in [5.74, 6) is -0.251. The van der Waals surface area contributed by atoms with Crippen molar-refractivity contribution in [2.45, 2.75) is 6.54 Å². The van der Waals surface area contributed by atoms with Crippen LogP contribution in [0.25, 0.3) is 21.1 Å². The van der Waals surface area contributed by atoms with Gasteiger partial charge in [-0.1, -0.05) is 41.7 Å². The second-order valence-electron chi connectivity index (χ2n) is 5.35. The fourth-order valence-electron chi connectivity index (χ4n) is 2.70. The number of aromatic nitrogens is 2. The Kier molecular flexibility index (Phi) is 3.59. The molecule has 0 aliphatic heterocycles. The molecule has 0 fully saturated rings. The SMILES string of the molecule is O=C(Cn1c(=O)sc2ccccc21)Nc1cccc2cccnc12. The van der Waals surface area contributed by atoms with E-state index < -0.39 is 0 Å². The lowest BCUT2D eigenvalue weighted by Gasteiger charge is -2.08. The van der Waals surface area contributed by atoms with Gasteiger partial charge in [-0.15, -0.1) is 0 Å². The number of amides is 1. The van der Waals surface area contributed by atoms with Gasteiger partial charge in [-0.25, -0.2) is 0 Å². The first-order chi connectivity index (χ1) is 11.7. The number of pyridine rings is 1. The molecule has 0 saturated carbocycles. The largest absolute Gasteiger partial charge is 0.323 e. The Morgan fingerprint density at radius 1 is 1.08 bits per heavy atom. The van der Waals surface area contributed by atoms with Gasteiger partial charge >= 0.3 is 4.87 Å². The van der Waals surface area contributed by atoms with Crippen molar-refractivity contribution in [2.75, 3.05) is 5.32 Å². The third-order valence-electron chi connectivity index (χ3n) is 3.78. The third kappa shape index (κ3) is 2.57. The number of para-hydroxylation sites is 2. The highest BCUT2D eigenvalue weighted by Gasteiger charge is 2.12. The average Bonchev–Trinajstić information content (AvgIpc) is 2.91. The Morgan fingerprint density at radius 2 is 1.92 bits per heavy atom. The molecule has 0 bridgehead atoms. The van der Waals surface area contributed by atoms with Gasteiger partial charge in [0.1, 0.15) is 6.54 Å². The third-order valence-corrected chi connectivity index (χ3v) is 4.74. The van der Waals surface area contributed by atoms with E-state index in [1.54, 1.807) is 6.20 Å². The zero-order valence-corrected chi connectivity index (χ0v) is 13.4. The van der Waals surface area contributed by atoms with Gasteiger partial charge in [0.2, 0.25) is 5.91 Å². The van der Waals surface area contributed by atoms with E-state index in [0.717, 1.165) is 32.5 Å². The first-order valence-electron chi connectivity index (χ1n) is 7.44. The summed E-state index contributed by atoms with van der Waals surface area (Å²) in [6.45, 7) is -0.0218. The molecule has 0 saturated heterocycles. The number of carbonyl (C=O) groups excluding carboxylic acids is 1. The maximum absolute atomic E-state index is 12.4. The smallest absolute Gasteiger partial charge is 0.308 e. The highest BCUT2D eigenvalue weighted by molar-refractivity contribution is 7.16. The summed E-state index contributed by atoms with van der Waals surface area (Å²) in [7, 11) is 0. The number of hydrogen-bond acceptors (Lipinski definition) is 4. The van der Waals surface area contributed by atoms with Crippen molar-refractivity contribution in [2.24, 2.45) is 0 Å². The molecule has 0 atom stereocenters. The summed E-state index contributed by atoms with van der Waals surface area (Å²) in [6.07, 6.45) is 1.69. The van der Waals surface area contributed by atoms with Crippen molar-refractivity contribution >= 4 is 44.1 Å². The van der Waals surface area contributed by atoms with Crippen LogP contribution in [-0.4, -0.2) is 15.5 Å². The van der Waals surface area contributed by atoms with Crippen molar-refractivity contribution in [3.05, 3.63) is 70.5 Å². The van der Waals surface area contributed by atoms with E-state index in [-0.39, 0.29) is 17.3 Å². The van der Waals surface area contributed by atoms with Gasteiger partial charge in [0.25, 0.3) is 0 Å². The summed E-state index contributed by atoms with van der Waals surface area (Å²) in [5, 5.41) is 3.81. The van der Waals surface area contributed by atoms with E-state index in [9.17, 15) is 9.59 Å². The van der Waals surface area contributed by atoms with E-state index >= 15 is 0 Å². The van der Waals surface area contributed by atoms with E-state index in [0.29, 0.717) is 5.69 Å². The Hall–Kier alpha value is -2.99. The highest BCUT2D eigenvalue weighted by Crippen LogP contribution is 2.21. The number of rotatable bonds is 3. The number of nitrogens with zero attached hydrogens (tertiary/aromatic N) is 2. The Morgan fingerprint density at radius 3 is 2.83 bits per heavy atom. The first-order valence-corrected chi connectivity index (χ1v) is 8.26. The number of anilines is 1. The lowest BCUT2D eigenvalue weighted by molar-refractivity contribution is -0.116. The summed E-state index contributed by atoms with van der Waals surface area (Å²) in [5.41, 5.74) is 2.15. The molecule has 1 amide bonds. The van der Waals surface area contributed by atoms with Crippen LogP contribution in [0, 0.1) is 0 Å². The van der Waals surface area contributed by atoms with Gasteiger partial charge in [0, 0.05) is 11.6 Å². The second-order valence-corrected chi connectivity index (χ2v) is 6.34. The van der Waals surface area contributed by atoms with Gasteiger partial charge in [-0.2, -0.15) is 0 Å². The van der Waals surface area contributed by atoms with Gasteiger partial charge in [0.05, 0.1) is 21.4 Å². The number of nitrogens with one attached hydrogen (secondary N) is 1. The minimum atomic E-state index is -0.251.